The fourth-order valence-corrected chi connectivity index (χ4v) is 6.34. The minimum atomic E-state index is -4.02. The number of ether oxygens (including phenoxy) is 1. The molecule has 2 saturated carbocycles. The number of hydrogen-bond acceptors (Lipinski definition) is 4. The van der Waals surface area contributed by atoms with Crippen LogP contribution in [-0.2, 0) is 14.8 Å². The molecule has 2 bridgehead atoms. The van der Waals surface area contributed by atoms with E-state index in [1.807, 2.05) is 6.92 Å². The fraction of sp³-hybridized carbons (Fsp3) is 0.435. The molecule has 2 aromatic carbocycles. The Bertz CT molecular complexity index is 1040. The van der Waals surface area contributed by atoms with E-state index in [1.165, 1.54) is 30.7 Å². The van der Waals surface area contributed by atoms with Crippen LogP contribution in [0.2, 0.25) is 5.02 Å². The van der Waals surface area contributed by atoms with Crippen LogP contribution in [0.3, 0.4) is 0 Å². The number of carbonyl (C=O) groups excluding carboxylic acids is 1. The average molecular weight is 463 g/mol. The molecule has 0 heterocycles. The number of hydrogen-bond donors (Lipinski definition) is 1. The third kappa shape index (κ3) is 4.67. The molecule has 4 rings (SSSR count). The molecule has 31 heavy (non-hydrogen) atoms. The maximum Gasteiger partial charge on any atom is 0.264 e. The molecule has 1 N–H and O–H groups in total. The number of fused-ring (bicyclic) bond motifs is 2. The highest BCUT2D eigenvalue weighted by atomic mass is 35.5. The number of rotatable bonds is 8. The third-order valence-electron chi connectivity index (χ3n) is 6.21. The van der Waals surface area contributed by atoms with E-state index in [9.17, 15) is 13.2 Å². The van der Waals surface area contributed by atoms with Gasteiger partial charge >= 0.3 is 0 Å². The van der Waals surface area contributed by atoms with Crippen LogP contribution in [0.4, 0.5) is 5.69 Å². The molecule has 0 unspecified atom stereocenters. The largest absolute Gasteiger partial charge is 0.492 e. The van der Waals surface area contributed by atoms with Crippen molar-refractivity contribution in [1.29, 1.82) is 0 Å². The topological polar surface area (TPSA) is 75.7 Å². The minimum absolute atomic E-state index is 0.0657. The molecular formula is C23H27ClN2O4S. The molecule has 2 aliphatic carbocycles. The van der Waals surface area contributed by atoms with Gasteiger partial charge in [-0.2, -0.15) is 0 Å². The summed E-state index contributed by atoms with van der Waals surface area (Å²) < 4.78 is 33.9. The molecule has 0 spiro atoms. The summed E-state index contributed by atoms with van der Waals surface area (Å²) in [6.07, 6.45) is 4.51. The Balaban J connectivity index is 1.64. The SMILES string of the molecule is CCOc1ccccc1N(CC(=O)N[C@@H]1C[C@@H]2CC[C@@H]1C2)S(=O)(=O)c1ccc(Cl)cc1. The van der Waals surface area contributed by atoms with Gasteiger partial charge in [0.1, 0.15) is 12.3 Å². The van der Waals surface area contributed by atoms with Crippen LogP contribution in [0.5, 0.6) is 5.75 Å². The number of sulfonamides is 1. The molecule has 2 fully saturated rings. The molecule has 3 atom stereocenters. The molecule has 0 radical (unpaired) electrons. The molecule has 2 aliphatic rings. The summed E-state index contributed by atoms with van der Waals surface area (Å²) in [5.74, 6) is 1.30. The fourth-order valence-electron chi connectivity index (χ4n) is 4.78. The zero-order valence-electron chi connectivity index (χ0n) is 17.5. The first kappa shape index (κ1) is 22.0. The van der Waals surface area contributed by atoms with E-state index in [1.54, 1.807) is 24.3 Å². The maximum absolute atomic E-state index is 13.5. The Morgan fingerprint density at radius 1 is 1.13 bits per heavy atom. The van der Waals surface area contributed by atoms with Crippen molar-refractivity contribution in [3.05, 3.63) is 53.6 Å². The molecule has 166 valence electrons. The number of benzene rings is 2. The highest BCUT2D eigenvalue weighted by Crippen LogP contribution is 2.44. The first-order chi connectivity index (χ1) is 14.9. The van der Waals surface area contributed by atoms with Gasteiger partial charge in [0, 0.05) is 11.1 Å². The van der Waals surface area contributed by atoms with Crippen molar-refractivity contribution < 1.29 is 17.9 Å². The second-order valence-corrected chi connectivity index (χ2v) is 10.5. The summed E-state index contributed by atoms with van der Waals surface area (Å²) in [6, 6.07) is 12.9. The monoisotopic (exact) mass is 462 g/mol. The highest BCUT2D eigenvalue weighted by molar-refractivity contribution is 7.92. The van der Waals surface area contributed by atoms with Gasteiger partial charge in [-0.05, 0) is 74.4 Å². The minimum Gasteiger partial charge on any atom is -0.492 e. The summed E-state index contributed by atoms with van der Waals surface area (Å²) in [5, 5.41) is 3.53. The van der Waals surface area contributed by atoms with Gasteiger partial charge in [0.25, 0.3) is 10.0 Å². The zero-order chi connectivity index (χ0) is 22.0. The van der Waals surface area contributed by atoms with E-state index in [0.29, 0.717) is 34.9 Å². The summed E-state index contributed by atoms with van der Waals surface area (Å²) in [4.78, 5) is 13.0. The first-order valence-corrected chi connectivity index (χ1v) is 12.5. The van der Waals surface area contributed by atoms with Gasteiger partial charge < -0.3 is 10.1 Å². The standard InChI is InChI=1S/C23H27ClN2O4S/c1-2-30-22-6-4-3-5-21(22)26(31(28,29)19-11-9-18(24)10-12-19)15-23(27)25-20-14-16-7-8-17(20)13-16/h3-6,9-12,16-17,20H,2,7-8,13-15H2,1H3,(H,25,27)/t16-,17-,20-/m1/s1. The van der Waals surface area contributed by atoms with Crippen LogP contribution in [0.15, 0.2) is 53.4 Å². The second kappa shape index (κ2) is 9.09. The van der Waals surface area contributed by atoms with E-state index in [0.717, 1.165) is 23.6 Å². The first-order valence-electron chi connectivity index (χ1n) is 10.7. The number of nitrogens with one attached hydrogen (secondary N) is 1. The van der Waals surface area contributed by atoms with E-state index in [2.05, 4.69) is 5.32 Å². The number of nitrogens with zero attached hydrogens (tertiary/aromatic N) is 1. The lowest BCUT2D eigenvalue weighted by atomic mass is 9.95. The molecule has 0 aliphatic heterocycles. The molecule has 0 saturated heterocycles. The summed E-state index contributed by atoms with van der Waals surface area (Å²) in [6.45, 7) is 1.89. The predicted octanol–water partition coefficient (Wildman–Crippen LogP) is 4.24. The Morgan fingerprint density at radius 3 is 2.52 bits per heavy atom. The zero-order valence-corrected chi connectivity index (χ0v) is 19.0. The summed E-state index contributed by atoms with van der Waals surface area (Å²) in [5.41, 5.74) is 0.336. The number of halogens is 1. The smallest absolute Gasteiger partial charge is 0.264 e. The summed E-state index contributed by atoms with van der Waals surface area (Å²) in [7, 11) is -4.02. The molecular weight excluding hydrogens is 436 g/mol. The molecule has 0 aromatic heterocycles. The van der Waals surface area contributed by atoms with Crippen molar-refractivity contribution >= 4 is 33.2 Å². The van der Waals surface area contributed by atoms with Gasteiger partial charge in [0.05, 0.1) is 17.2 Å². The summed E-state index contributed by atoms with van der Waals surface area (Å²) >= 11 is 5.94. The van der Waals surface area contributed by atoms with Crippen LogP contribution < -0.4 is 14.4 Å². The number of carbonyl (C=O) groups is 1. The van der Waals surface area contributed by atoms with E-state index >= 15 is 0 Å². The normalized spacial score (nSPS) is 22.3. The van der Waals surface area contributed by atoms with Crippen molar-refractivity contribution in [2.24, 2.45) is 11.8 Å². The van der Waals surface area contributed by atoms with Crippen molar-refractivity contribution in [1.82, 2.24) is 5.32 Å². The average Bonchev–Trinajstić information content (AvgIpc) is 3.36. The number of para-hydroxylation sites is 2. The van der Waals surface area contributed by atoms with Gasteiger partial charge in [0.2, 0.25) is 5.91 Å². The molecule has 1 amide bonds. The van der Waals surface area contributed by atoms with Crippen molar-refractivity contribution in [2.75, 3.05) is 17.5 Å². The Kier molecular flexibility index (Phi) is 6.44. The van der Waals surface area contributed by atoms with Crippen molar-refractivity contribution in [3.8, 4) is 5.75 Å². The third-order valence-corrected chi connectivity index (χ3v) is 8.23. The lowest BCUT2D eigenvalue weighted by Crippen LogP contribution is -2.46. The Morgan fingerprint density at radius 2 is 1.87 bits per heavy atom. The van der Waals surface area contributed by atoms with Gasteiger partial charge in [-0.25, -0.2) is 8.42 Å². The predicted molar refractivity (Wildman–Crippen MR) is 121 cm³/mol. The quantitative estimate of drug-likeness (QED) is 0.636. The van der Waals surface area contributed by atoms with Gasteiger partial charge in [-0.15, -0.1) is 0 Å². The maximum atomic E-state index is 13.5. The van der Waals surface area contributed by atoms with Crippen LogP contribution >= 0.6 is 11.6 Å². The van der Waals surface area contributed by atoms with Gasteiger partial charge in [0.15, 0.2) is 0 Å². The number of amides is 1. The van der Waals surface area contributed by atoms with Crippen LogP contribution in [0, 0.1) is 11.8 Å². The van der Waals surface area contributed by atoms with Gasteiger partial charge in [-0.3, -0.25) is 9.10 Å². The highest BCUT2D eigenvalue weighted by Gasteiger charge is 2.40. The van der Waals surface area contributed by atoms with Crippen LogP contribution in [0.25, 0.3) is 0 Å². The van der Waals surface area contributed by atoms with E-state index in [-0.39, 0.29) is 23.4 Å². The Labute approximate surface area is 188 Å². The lowest BCUT2D eigenvalue weighted by molar-refractivity contribution is -0.120. The van der Waals surface area contributed by atoms with E-state index in [4.69, 9.17) is 16.3 Å². The number of anilines is 1. The van der Waals surface area contributed by atoms with E-state index < -0.39 is 10.0 Å². The van der Waals surface area contributed by atoms with Crippen LogP contribution in [-0.4, -0.2) is 33.5 Å². The second-order valence-electron chi connectivity index (χ2n) is 8.22. The Hall–Kier alpha value is -2.25. The van der Waals surface area contributed by atoms with Crippen molar-refractivity contribution in [3.63, 3.8) is 0 Å². The van der Waals surface area contributed by atoms with Crippen molar-refractivity contribution in [2.45, 2.75) is 43.5 Å². The van der Waals surface area contributed by atoms with Gasteiger partial charge in [-0.1, -0.05) is 30.2 Å². The lowest BCUT2D eigenvalue weighted by Gasteiger charge is -2.28. The molecule has 8 heteroatoms. The van der Waals surface area contributed by atoms with Crippen LogP contribution in [0.1, 0.15) is 32.6 Å². The molecule has 2 aromatic rings. The molecule has 6 nitrogen and oxygen atoms in total.